The van der Waals surface area contributed by atoms with E-state index in [1.807, 2.05) is 90.7 Å². The highest BCUT2D eigenvalue weighted by atomic mass is 32.1. The van der Waals surface area contributed by atoms with Gasteiger partial charge in [0.1, 0.15) is 20.0 Å². The van der Waals surface area contributed by atoms with Gasteiger partial charge < -0.3 is 0 Å². The summed E-state index contributed by atoms with van der Waals surface area (Å²) < 4.78 is 0. The van der Waals surface area contributed by atoms with E-state index in [4.69, 9.17) is 19.9 Å². The fourth-order valence-electron chi connectivity index (χ4n) is 13.3. The number of nitrogens with zero attached hydrogens (tertiary/aromatic N) is 4. The van der Waals surface area contributed by atoms with Gasteiger partial charge in [0, 0.05) is 19.5 Å². The number of aryl methyl sites for hydroxylation is 2. The van der Waals surface area contributed by atoms with Gasteiger partial charge in [0.25, 0.3) is 0 Å². The lowest BCUT2D eigenvalue weighted by Gasteiger charge is -2.17. The molecule has 0 spiro atoms. The summed E-state index contributed by atoms with van der Waals surface area (Å²) in [6.07, 6.45) is 46.9. The standard InChI is InChI=1S/C74H110N4S8/c1-11-19-27-31-39-53(35-23-15-5)45-57-43-51(9)79-63(57)67-75-71-73(83-67)77-69(85-71)65-59(47-55(37-25-17-7)41-33-29-21-13-3)49-61(81-65)62-50-60(48-56(38-26-18-8)42-34-30-22-14-4)66(82-62)70-78-74-72(86-70)76-68(84-74)64-58(44-52(10)80-64)46-54(36-24-16-6)40-32-28-20-12-2/h43-44,49-50,53-56H,11-42,45-48H2,1-10H3. The van der Waals surface area contributed by atoms with E-state index in [0.717, 1.165) is 44.0 Å². The van der Waals surface area contributed by atoms with E-state index in [-0.39, 0.29) is 0 Å². The summed E-state index contributed by atoms with van der Waals surface area (Å²) in [4.78, 5) is 37.8. The minimum atomic E-state index is 0.682. The lowest BCUT2D eigenvalue weighted by Crippen LogP contribution is -2.05. The smallest absolute Gasteiger partial charge is 0.155 e. The third kappa shape index (κ3) is 20.4. The molecule has 8 aromatic rings. The Kier molecular flexibility index (Phi) is 30.3. The first kappa shape index (κ1) is 69.7. The van der Waals surface area contributed by atoms with Crippen molar-refractivity contribution >= 4 is 110 Å². The van der Waals surface area contributed by atoms with E-state index in [9.17, 15) is 0 Å². The Morgan fingerprint density at radius 2 is 0.500 bits per heavy atom. The minimum absolute atomic E-state index is 0.682. The van der Waals surface area contributed by atoms with Crippen molar-refractivity contribution in [2.24, 2.45) is 23.7 Å². The maximum absolute atomic E-state index is 5.61. The molecule has 8 rings (SSSR count). The average Bonchev–Trinajstić information content (AvgIpc) is 2.07. The third-order valence-electron chi connectivity index (χ3n) is 18.2. The van der Waals surface area contributed by atoms with Gasteiger partial charge >= 0.3 is 0 Å². The molecule has 4 atom stereocenters. The van der Waals surface area contributed by atoms with Gasteiger partial charge in [-0.25, -0.2) is 19.9 Å². The molecule has 474 valence electrons. The van der Waals surface area contributed by atoms with Crippen LogP contribution in [0.25, 0.3) is 68.6 Å². The molecular formula is C74H110N4S8. The van der Waals surface area contributed by atoms with Crippen LogP contribution < -0.4 is 0 Å². The van der Waals surface area contributed by atoms with Crippen molar-refractivity contribution in [2.75, 3.05) is 0 Å². The molecule has 0 N–H and O–H groups in total. The number of hydrogen-bond acceptors (Lipinski definition) is 12. The molecule has 4 unspecified atom stereocenters. The van der Waals surface area contributed by atoms with E-state index < -0.39 is 0 Å². The highest BCUT2D eigenvalue weighted by Crippen LogP contribution is 2.51. The fraction of sp³-hybridized carbons (Fsp3) is 0.676. The Balaban J connectivity index is 1.15. The summed E-state index contributed by atoms with van der Waals surface area (Å²) in [7, 11) is 0. The van der Waals surface area contributed by atoms with Crippen LogP contribution in [0.4, 0.5) is 0 Å². The molecule has 0 fully saturated rings. The molecule has 0 aromatic carbocycles. The van der Waals surface area contributed by atoms with Crippen molar-refractivity contribution in [1.29, 1.82) is 0 Å². The number of aromatic nitrogens is 4. The third-order valence-corrected chi connectivity index (χ3v) is 27.6. The van der Waals surface area contributed by atoms with Gasteiger partial charge in [-0.1, -0.05) is 306 Å². The second kappa shape index (κ2) is 37.4. The van der Waals surface area contributed by atoms with Gasteiger partial charge in [0.15, 0.2) is 19.3 Å². The predicted molar refractivity (Wildman–Crippen MR) is 394 cm³/mol. The maximum atomic E-state index is 5.61. The summed E-state index contributed by atoms with van der Waals surface area (Å²) in [5.41, 5.74) is 6.05. The Bertz CT molecular complexity index is 2890. The van der Waals surface area contributed by atoms with Crippen molar-refractivity contribution in [3.63, 3.8) is 0 Å². The largest absolute Gasteiger partial charge is 0.222 e. The lowest BCUT2D eigenvalue weighted by atomic mass is 9.89. The molecule has 0 aliphatic carbocycles. The van der Waals surface area contributed by atoms with E-state index in [0.29, 0.717) is 11.8 Å². The average molecular weight is 1310 g/mol. The number of thiophene rings is 4. The topological polar surface area (TPSA) is 51.6 Å². The lowest BCUT2D eigenvalue weighted by molar-refractivity contribution is 0.411. The molecule has 86 heavy (non-hydrogen) atoms. The molecule has 4 nitrogen and oxygen atoms in total. The predicted octanol–water partition coefficient (Wildman–Crippen LogP) is 28.3. The van der Waals surface area contributed by atoms with Crippen molar-refractivity contribution in [1.82, 2.24) is 19.9 Å². The summed E-state index contributed by atoms with van der Waals surface area (Å²) in [6.45, 7) is 23.4. The van der Waals surface area contributed by atoms with Crippen LogP contribution in [0, 0.1) is 37.5 Å². The van der Waals surface area contributed by atoms with Crippen LogP contribution >= 0.6 is 90.7 Å². The zero-order chi connectivity index (χ0) is 60.6. The molecular weight excluding hydrogens is 1200 g/mol. The van der Waals surface area contributed by atoms with Crippen LogP contribution in [-0.2, 0) is 25.7 Å². The molecule has 0 saturated carbocycles. The van der Waals surface area contributed by atoms with Gasteiger partial charge in [0.05, 0.1) is 19.5 Å². The molecule has 0 saturated heterocycles. The fourth-order valence-corrected chi connectivity index (χ4v) is 22.4. The minimum Gasteiger partial charge on any atom is -0.222 e. The first-order valence-corrected chi connectivity index (χ1v) is 41.6. The molecule has 8 heterocycles. The Hall–Kier alpha value is -2.16. The first-order valence-electron chi connectivity index (χ1n) is 35.1. The highest BCUT2D eigenvalue weighted by Gasteiger charge is 2.27. The number of hydrogen-bond donors (Lipinski definition) is 0. The van der Waals surface area contributed by atoms with Gasteiger partial charge in [-0.2, -0.15) is 0 Å². The van der Waals surface area contributed by atoms with E-state index in [1.54, 1.807) is 0 Å². The quantitative estimate of drug-likeness (QED) is 0.0357. The molecule has 0 amide bonds. The van der Waals surface area contributed by atoms with E-state index in [1.165, 1.54) is 300 Å². The van der Waals surface area contributed by atoms with Crippen LogP contribution in [0.3, 0.4) is 0 Å². The van der Waals surface area contributed by atoms with Crippen LogP contribution in [0.2, 0.25) is 0 Å². The van der Waals surface area contributed by atoms with Crippen LogP contribution in [0.5, 0.6) is 0 Å². The normalized spacial score (nSPS) is 13.6. The van der Waals surface area contributed by atoms with Crippen molar-refractivity contribution in [3.8, 4) is 49.3 Å². The highest BCUT2D eigenvalue weighted by molar-refractivity contribution is 7.34. The van der Waals surface area contributed by atoms with Crippen LogP contribution in [-0.4, -0.2) is 19.9 Å². The summed E-state index contributed by atoms with van der Waals surface area (Å²) in [6, 6.07) is 10.2. The Morgan fingerprint density at radius 3 is 0.756 bits per heavy atom. The molecule has 0 aliphatic rings. The maximum Gasteiger partial charge on any atom is 0.155 e. The number of unbranched alkanes of at least 4 members (excludes halogenated alkanes) is 16. The van der Waals surface area contributed by atoms with Crippen molar-refractivity contribution in [3.05, 3.63) is 56.3 Å². The molecule has 0 bridgehead atoms. The van der Waals surface area contributed by atoms with Crippen LogP contribution in [0.1, 0.15) is 293 Å². The number of fused-ring (bicyclic) bond motifs is 2. The Morgan fingerprint density at radius 1 is 0.267 bits per heavy atom. The second-order valence-electron chi connectivity index (χ2n) is 25.9. The Labute approximate surface area is 554 Å². The molecule has 0 radical (unpaired) electrons. The monoisotopic (exact) mass is 1310 g/mol. The SMILES string of the molecule is CCCCCCC(CCCC)Cc1cc(C)sc1-c1nc2sc(-c3sc(-c4cc(CC(CCCC)CCCCCC)c(-c5nc6sc(-c7sc(C)cc7CC(CCCC)CCCCCC)nc6s5)s4)cc3CC(CCCC)CCCCCC)nc2s1. The first-order chi connectivity index (χ1) is 42.1. The second-order valence-corrected chi connectivity index (χ2v) is 34.4. The van der Waals surface area contributed by atoms with Gasteiger partial charge in [-0.3, -0.25) is 0 Å². The molecule has 12 heteroatoms. The summed E-state index contributed by atoms with van der Waals surface area (Å²) >= 11 is 15.3. The molecule has 8 aromatic heterocycles. The van der Waals surface area contributed by atoms with E-state index >= 15 is 0 Å². The van der Waals surface area contributed by atoms with Crippen molar-refractivity contribution < 1.29 is 0 Å². The zero-order valence-corrected chi connectivity index (χ0v) is 61.7. The summed E-state index contributed by atoms with van der Waals surface area (Å²) in [5, 5.41) is 4.70. The summed E-state index contributed by atoms with van der Waals surface area (Å²) in [5.74, 6) is 2.86. The van der Waals surface area contributed by atoms with Gasteiger partial charge in [-0.15, -0.1) is 45.3 Å². The zero-order valence-electron chi connectivity index (χ0n) is 55.1. The van der Waals surface area contributed by atoms with Crippen molar-refractivity contribution in [2.45, 2.75) is 300 Å². The van der Waals surface area contributed by atoms with Gasteiger partial charge in [-0.05, 0) is 110 Å². The van der Waals surface area contributed by atoms with Crippen LogP contribution in [0.15, 0.2) is 24.3 Å². The van der Waals surface area contributed by atoms with Gasteiger partial charge in [0.2, 0.25) is 0 Å². The number of thiazole rings is 4. The molecule has 0 aliphatic heterocycles. The number of rotatable bonds is 45. The van der Waals surface area contributed by atoms with E-state index in [2.05, 4.69) is 93.5 Å².